The molecule has 2 saturated heterocycles. The van der Waals surface area contributed by atoms with Gasteiger partial charge in [-0.05, 0) is 50.9 Å². The zero-order valence-electron chi connectivity index (χ0n) is 15.5. The second kappa shape index (κ2) is 8.78. The van der Waals surface area contributed by atoms with Gasteiger partial charge in [-0.1, -0.05) is 11.6 Å². The van der Waals surface area contributed by atoms with E-state index in [0.29, 0.717) is 23.1 Å². The molecule has 0 bridgehead atoms. The monoisotopic (exact) mass is 378 g/mol. The molecule has 5 nitrogen and oxygen atoms in total. The molecule has 26 heavy (non-hydrogen) atoms. The first kappa shape index (κ1) is 19.1. The highest BCUT2D eigenvalue weighted by Gasteiger charge is 2.25. The van der Waals surface area contributed by atoms with Crippen LogP contribution in [0.3, 0.4) is 0 Å². The summed E-state index contributed by atoms with van der Waals surface area (Å²) in [4.78, 5) is 17.4. The standard InChI is InChI=1S/C20H27ClN2O3/c1-25-18-6-5-16(19(21)20(18)26-2)17(24)9-14-22-12-7-15(8-13-22)23-10-3-4-11-23/h5-6,9,14-15H,3-4,7-8,10-13H2,1-2H3. The van der Waals surface area contributed by atoms with Gasteiger partial charge in [0.2, 0.25) is 0 Å². The van der Waals surface area contributed by atoms with Crippen LogP contribution in [0.4, 0.5) is 0 Å². The third-order valence-electron chi connectivity index (χ3n) is 5.34. The van der Waals surface area contributed by atoms with Gasteiger partial charge >= 0.3 is 0 Å². The van der Waals surface area contributed by atoms with Crippen LogP contribution in [0, 0.1) is 0 Å². The molecule has 6 heteroatoms. The lowest BCUT2D eigenvalue weighted by atomic mass is 10.0. The number of hydrogen-bond donors (Lipinski definition) is 0. The van der Waals surface area contributed by atoms with Crippen molar-refractivity contribution in [3.63, 3.8) is 0 Å². The molecule has 142 valence electrons. The van der Waals surface area contributed by atoms with Gasteiger partial charge in [-0.25, -0.2) is 0 Å². The highest BCUT2D eigenvalue weighted by atomic mass is 35.5. The van der Waals surface area contributed by atoms with E-state index in [1.165, 1.54) is 33.0 Å². The van der Waals surface area contributed by atoms with Gasteiger partial charge in [0.25, 0.3) is 0 Å². The van der Waals surface area contributed by atoms with Crippen molar-refractivity contribution in [3.8, 4) is 11.5 Å². The number of hydrogen-bond acceptors (Lipinski definition) is 5. The molecule has 2 aliphatic rings. The maximum Gasteiger partial charge on any atom is 0.188 e. The maximum atomic E-state index is 12.5. The Hall–Kier alpha value is -1.72. The fourth-order valence-corrected chi connectivity index (χ4v) is 4.18. The van der Waals surface area contributed by atoms with Crippen molar-refractivity contribution < 1.29 is 14.3 Å². The summed E-state index contributed by atoms with van der Waals surface area (Å²) < 4.78 is 10.5. The summed E-state index contributed by atoms with van der Waals surface area (Å²) in [5, 5.41) is 0.286. The number of methoxy groups -OCH3 is 2. The van der Waals surface area contributed by atoms with E-state index in [2.05, 4.69) is 9.80 Å². The Morgan fingerprint density at radius 2 is 1.81 bits per heavy atom. The zero-order chi connectivity index (χ0) is 18.5. The average Bonchev–Trinajstić information content (AvgIpc) is 3.21. The number of ether oxygens (including phenoxy) is 2. The number of halogens is 1. The van der Waals surface area contributed by atoms with Gasteiger partial charge in [0.1, 0.15) is 0 Å². The highest BCUT2D eigenvalue weighted by molar-refractivity contribution is 6.36. The molecule has 0 spiro atoms. The third-order valence-corrected chi connectivity index (χ3v) is 5.72. The average molecular weight is 379 g/mol. The van der Waals surface area contributed by atoms with Crippen molar-refractivity contribution >= 4 is 17.4 Å². The number of rotatable bonds is 6. The van der Waals surface area contributed by atoms with Gasteiger partial charge in [-0.3, -0.25) is 4.79 Å². The molecule has 0 saturated carbocycles. The van der Waals surface area contributed by atoms with Crippen molar-refractivity contribution in [3.05, 3.63) is 35.0 Å². The van der Waals surface area contributed by atoms with Crippen molar-refractivity contribution in [2.45, 2.75) is 31.7 Å². The van der Waals surface area contributed by atoms with Gasteiger partial charge in [-0.15, -0.1) is 0 Å². The minimum absolute atomic E-state index is 0.127. The van der Waals surface area contributed by atoms with E-state index in [4.69, 9.17) is 21.1 Å². The first-order valence-electron chi connectivity index (χ1n) is 9.25. The van der Waals surface area contributed by atoms with Gasteiger partial charge < -0.3 is 19.3 Å². The molecule has 1 aromatic carbocycles. The van der Waals surface area contributed by atoms with Gasteiger partial charge in [-0.2, -0.15) is 0 Å². The SMILES string of the molecule is COc1ccc(C(=O)C=CN2CCC(N3CCCC3)CC2)c(Cl)c1OC. The molecular weight excluding hydrogens is 352 g/mol. The minimum Gasteiger partial charge on any atom is -0.493 e. The van der Waals surface area contributed by atoms with Crippen LogP contribution in [0.1, 0.15) is 36.0 Å². The topological polar surface area (TPSA) is 42.0 Å². The van der Waals surface area contributed by atoms with Crippen LogP contribution in [0.2, 0.25) is 5.02 Å². The second-order valence-electron chi connectivity index (χ2n) is 6.85. The van der Waals surface area contributed by atoms with Gasteiger partial charge in [0.15, 0.2) is 17.3 Å². The number of piperidine rings is 1. The molecular formula is C20H27ClN2O3. The summed E-state index contributed by atoms with van der Waals surface area (Å²) in [6.07, 6.45) is 8.49. The Morgan fingerprint density at radius 1 is 1.12 bits per heavy atom. The molecule has 0 aromatic heterocycles. The predicted molar refractivity (Wildman–Crippen MR) is 103 cm³/mol. The Kier molecular flexibility index (Phi) is 6.43. The third kappa shape index (κ3) is 4.15. The van der Waals surface area contributed by atoms with Crippen molar-refractivity contribution in [1.82, 2.24) is 9.80 Å². The molecule has 1 aromatic rings. The Balaban J connectivity index is 1.60. The molecule has 0 unspecified atom stereocenters. The molecule has 2 fully saturated rings. The zero-order valence-corrected chi connectivity index (χ0v) is 16.3. The van der Waals surface area contributed by atoms with Gasteiger partial charge in [0.05, 0.1) is 19.2 Å². The normalized spacial score (nSPS) is 19.3. The fourth-order valence-electron chi connectivity index (χ4n) is 3.85. The number of nitrogens with zero attached hydrogens (tertiary/aromatic N) is 2. The van der Waals surface area contributed by atoms with Crippen LogP contribution in [-0.4, -0.2) is 62.0 Å². The Labute approximate surface area is 160 Å². The van der Waals surface area contributed by atoms with Crippen LogP contribution < -0.4 is 9.47 Å². The molecule has 0 atom stereocenters. The van der Waals surface area contributed by atoms with Crippen molar-refractivity contribution in [1.29, 1.82) is 0 Å². The number of benzene rings is 1. The van der Waals surface area contributed by atoms with E-state index >= 15 is 0 Å². The lowest BCUT2D eigenvalue weighted by Gasteiger charge is -2.36. The van der Waals surface area contributed by atoms with E-state index in [1.807, 2.05) is 6.20 Å². The summed E-state index contributed by atoms with van der Waals surface area (Å²) in [6.45, 7) is 4.48. The minimum atomic E-state index is -0.127. The van der Waals surface area contributed by atoms with E-state index < -0.39 is 0 Å². The Bertz CT molecular complexity index is 663. The molecule has 0 amide bonds. The number of likely N-dealkylation sites (tertiary alicyclic amines) is 2. The number of carbonyl (C=O) groups is 1. The van der Waals surface area contributed by atoms with E-state index in [1.54, 1.807) is 25.3 Å². The first-order valence-corrected chi connectivity index (χ1v) is 9.63. The van der Waals surface area contributed by atoms with Crippen LogP contribution in [0.15, 0.2) is 24.4 Å². The fraction of sp³-hybridized carbons (Fsp3) is 0.550. The van der Waals surface area contributed by atoms with E-state index in [9.17, 15) is 4.79 Å². The second-order valence-corrected chi connectivity index (χ2v) is 7.23. The molecule has 2 aliphatic heterocycles. The number of allylic oxidation sites excluding steroid dienone is 1. The van der Waals surface area contributed by atoms with Crippen molar-refractivity contribution in [2.75, 3.05) is 40.4 Å². The molecule has 3 rings (SSSR count). The lowest BCUT2D eigenvalue weighted by molar-refractivity contribution is 0.104. The summed E-state index contributed by atoms with van der Waals surface area (Å²) in [5.74, 6) is 0.777. The van der Waals surface area contributed by atoms with Crippen LogP contribution in [-0.2, 0) is 0 Å². The van der Waals surface area contributed by atoms with E-state index in [0.717, 1.165) is 25.9 Å². The molecule has 0 N–H and O–H groups in total. The number of ketones is 1. The number of carbonyl (C=O) groups excluding carboxylic acids is 1. The lowest BCUT2D eigenvalue weighted by Crippen LogP contribution is -2.42. The summed E-state index contributed by atoms with van der Waals surface area (Å²) >= 11 is 6.32. The van der Waals surface area contributed by atoms with E-state index in [-0.39, 0.29) is 10.8 Å². The summed E-state index contributed by atoms with van der Waals surface area (Å²) in [6, 6.07) is 4.08. The predicted octanol–water partition coefficient (Wildman–Crippen LogP) is 3.61. The van der Waals surface area contributed by atoms with Crippen molar-refractivity contribution in [2.24, 2.45) is 0 Å². The summed E-state index contributed by atoms with van der Waals surface area (Å²) in [7, 11) is 3.06. The molecule has 0 radical (unpaired) electrons. The quantitative estimate of drug-likeness (QED) is 0.558. The largest absolute Gasteiger partial charge is 0.493 e. The Morgan fingerprint density at radius 3 is 2.42 bits per heavy atom. The molecule has 0 aliphatic carbocycles. The van der Waals surface area contributed by atoms with Crippen LogP contribution in [0.25, 0.3) is 0 Å². The molecule has 2 heterocycles. The highest BCUT2D eigenvalue weighted by Crippen LogP contribution is 2.37. The maximum absolute atomic E-state index is 12.5. The first-order chi connectivity index (χ1) is 12.6. The van der Waals surface area contributed by atoms with Crippen LogP contribution in [0.5, 0.6) is 11.5 Å². The smallest absolute Gasteiger partial charge is 0.188 e. The summed E-state index contributed by atoms with van der Waals surface area (Å²) in [5.41, 5.74) is 0.424. The van der Waals surface area contributed by atoms with Crippen LogP contribution >= 0.6 is 11.6 Å². The van der Waals surface area contributed by atoms with Gasteiger partial charge in [0, 0.05) is 37.0 Å².